The molecule has 0 spiro atoms. The van der Waals surface area contributed by atoms with E-state index in [1.165, 1.54) is 0 Å². The highest BCUT2D eigenvalue weighted by atomic mass is 79.9. The lowest BCUT2D eigenvalue weighted by atomic mass is 9.81. The Morgan fingerprint density at radius 1 is 0.833 bits per heavy atom. The highest BCUT2D eigenvalue weighted by Gasteiger charge is 2.53. The molecule has 0 unspecified atom stereocenters. The molecule has 5 aromatic rings. The second-order valence-electron chi connectivity index (χ2n) is 11.5. The Balaban J connectivity index is 1.42. The summed E-state index contributed by atoms with van der Waals surface area (Å²) in [5, 5.41) is 12.3. The molecule has 48 heavy (non-hydrogen) atoms. The zero-order valence-electron chi connectivity index (χ0n) is 26.6. The van der Waals surface area contributed by atoms with Crippen LogP contribution in [0.3, 0.4) is 0 Å². The zero-order chi connectivity index (χ0) is 33.3. The molecule has 5 aromatic carbocycles. The number of hydrogen-bond donors (Lipinski definition) is 2. The summed E-state index contributed by atoms with van der Waals surface area (Å²) in [5.74, 6) is 1.47. The predicted octanol–water partition coefficient (Wildman–Crippen LogP) is 7.70. The minimum absolute atomic E-state index is 0.0647. The molecular weight excluding hydrogens is 668 g/mol. The van der Waals surface area contributed by atoms with E-state index in [2.05, 4.69) is 45.5 Å². The maximum absolute atomic E-state index is 14.7. The van der Waals surface area contributed by atoms with Gasteiger partial charge in [-0.05, 0) is 58.7 Å². The molecule has 244 valence electrons. The number of methoxy groups -OCH3 is 1. The summed E-state index contributed by atoms with van der Waals surface area (Å²) in [5.41, 5.74) is 4.14. The van der Waals surface area contributed by atoms with Crippen molar-refractivity contribution in [1.82, 2.24) is 5.32 Å². The number of benzene rings is 5. The molecule has 2 atom stereocenters. The Hall–Kier alpha value is -4.92. The molecule has 6 rings (SSSR count). The van der Waals surface area contributed by atoms with Crippen molar-refractivity contribution in [1.29, 1.82) is 0 Å². The van der Waals surface area contributed by atoms with Crippen LogP contribution in [0.4, 0.5) is 0 Å². The molecule has 0 radical (unpaired) electrons. The van der Waals surface area contributed by atoms with Crippen LogP contribution in [0.25, 0.3) is 11.1 Å². The monoisotopic (exact) mass is 704 g/mol. The standard InChI is InChI=1S/C40H37BrN2O5/c1-46-36-15-8-6-13-33(36)27-42-39(45)40(26-32-12-5-7-14-35(32)41)37(30-18-16-29(17-19-30)28-10-3-2-4-11-28)48-38(43-40)31-20-22-34(23-21-31)47-25-9-24-44/h2-8,10-23,37,44H,9,24-27H2,1H3,(H,42,45)/t37-,40-/m1/s1. The zero-order valence-corrected chi connectivity index (χ0v) is 28.2. The fourth-order valence-electron chi connectivity index (χ4n) is 5.87. The van der Waals surface area contributed by atoms with Crippen LogP contribution in [-0.2, 0) is 22.5 Å². The summed E-state index contributed by atoms with van der Waals surface area (Å²) in [6.45, 7) is 0.732. The molecule has 8 heteroatoms. The number of carbonyl (C=O) groups excluding carboxylic acids is 1. The number of nitrogens with one attached hydrogen (secondary N) is 1. The van der Waals surface area contributed by atoms with E-state index in [1.54, 1.807) is 7.11 Å². The number of aliphatic hydroxyl groups excluding tert-OH is 1. The fourth-order valence-corrected chi connectivity index (χ4v) is 6.30. The van der Waals surface area contributed by atoms with Crippen molar-refractivity contribution in [2.45, 2.75) is 31.0 Å². The van der Waals surface area contributed by atoms with E-state index in [0.29, 0.717) is 30.4 Å². The summed E-state index contributed by atoms with van der Waals surface area (Å²) in [6, 6.07) is 41.3. The van der Waals surface area contributed by atoms with Crippen LogP contribution < -0.4 is 14.8 Å². The van der Waals surface area contributed by atoms with Crippen molar-refractivity contribution in [2.75, 3.05) is 20.3 Å². The number of carbonyl (C=O) groups is 1. The van der Waals surface area contributed by atoms with Gasteiger partial charge in [0.05, 0.1) is 13.7 Å². The molecule has 1 heterocycles. The third-order valence-corrected chi connectivity index (χ3v) is 9.17. The molecule has 0 aromatic heterocycles. The maximum Gasteiger partial charge on any atom is 0.252 e. The molecule has 1 amide bonds. The minimum atomic E-state index is -1.36. The molecule has 0 saturated heterocycles. The van der Waals surface area contributed by atoms with Crippen molar-refractivity contribution in [3.63, 3.8) is 0 Å². The molecule has 7 nitrogen and oxygen atoms in total. The summed E-state index contributed by atoms with van der Waals surface area (Å²) >= 11 is 3.71. The molecule has 0 fully saturated rings. The van der Waals surface area contributed by atoms with Gasteiger partial charge < -0.3 is 24.6 Å². The Morgan fingerprint density at radius 3 is 2.19 bits per heavy atom. The summed E-state index contributed by atoms with van der Waals surface area (Å²) < 4.78 is 18.9. The molecule has 2 N–H and O–H groups in total. The average molecular weight is 706 g/mol. The predicted molar refractivity (Wildman–Crippen MR) is 191 cm³/mol. The van der Waals surface area contributed by atoms with Crippen molar-refractivity contribution in [2.24, 2.45) is 4.99 Å². The lowest BCUT2D eigenvalue weighted by molar-refractivity contribution is -0.129. The van der Waals surface area contributed by atoms with E-state index in [0.717, 1.165) is 37.9 Å². The van der Waals surface area contributed by atoms with E-state index in [1.807, 2.05) is 103 Å². The Morgan fingerprint density at radius 2 is 1.48 bits per heavy atom. The van der Waals surface area contributed by atoms with Crippen LogP contribution >= 0.6 is 15.9 Å². The molecule has 0 aliphatic carbocycles. The minimum Gasteiger partial charge on any atom is -0.496 e. The van der Waals surface area contributed by atoms with Crippen LogP contribution in [0.5, 0.6) is 11.5 Å². The number of hydrogen-bond acceptors (Lipinski definition) is 6. The van der Waals surface area contributed by atoms with Crippen LogP contribution in [0.15, 0.2) is 137 Å². The van der Waals surface area contributed by atoms with Crippen molar-refractivity contribution in [3.8, 4) is 22.6 Å². The molecule has 0 bridgehead atoms. The normalized spacial score (nSPS) is 16.9. The van der Waals surface area contributed by atoms with E-state index in [-0.39, 0.29) is 25.5 Å². The summed E-state index contributed by atoms with van der Waals surface area (Å²) in [4.78, 5) is 19.9. The van der Waals surface area contributed by atoms with Crippen LogP contribution in [-0.4, -0.2) is 42.8 Å². The van der Waals surface area contributed by atoms with Gasteiger partial charge >= 0.3 is 0 Å². The smallest absolute Gasteiger partial charge is 0.252 e. The number of para-hydroxylation sites is 1. The SMILES string of the molecule is COc1ccccc1CNC(=O)[C@]1(Cc2ccccc2Br)N=C(c2ccc(OCCCO)cc2)O[C@@H]1c1ccc(-c2ccccc2)cc1. The largest absolute Gasteiger partial charge is 0.496 e. The third-order valence-electron chi connectivity index (χ3n) is 8.40. The Bertz CT molecular complexity index is 1860. The number of aliphatic imine (C=N–C) groups is 1. The molecular formula is C40H37BrN2O5. The first-order valence-electron chi connectivity index (χ1n) is 15.9. The molecule has 1 aliphatic heterocycles. The lowest BCUT2D eigenvalue weighted by Gasteiger charge is -2.31. The quantitative estimate of drug-likeness (QED) is 0.123. The van der Waals surface area contributed by atoms with Gasteiger partial charge in [0.1, 0.15) is 11.5 Å². The van der Waals surface area contributed by atoms with Crippen LogP contribution in [0, 0.1) is 0 Å². The molecule has 0 saturated carbocycles. The number of halogens is 1. The van der Waals surface area contributed by atoms with Crippen molar-refractivity contribution in [3.05, 3.63) is 154 Å². The first-order valence-corrected chi connectivity index (χ1v) is 16.7. The number of ether oxygens (including phenoxy) is 3. The number of aliphatic hydroxyl groups is 1. The van der Waals surface area contributed by atoms with Gasteiger partial charge in [-0.1, -0.05) is 107 Å². The Labute approximate surface area is 289 Å². The third kappa shape index (κ3) is 7.30. The summed E-state index contributed by atoms with van der Waals surface area (Å²) in [7, 11) is 1.62. The Kier molecular flexibility index (Phi) is 10.5. The van der Waals surface area contributed by atoms with E-state index < -0.39 is 11.6 Å². The number of amides is 1. The van der Waals surface area contributed by atoms with E-state index >= 15 is 0 Å². The first-order chi connectivity index (χ1) is 23.5. The second kappa shape index (κ2) is 15.3. The topological polar surface area (TPSA) is 89.4 Å². The molecule has 1 aliphatic rings. The van der Waals surface area contributed by atoms with Gasteiger partial charge in [-0.2, -0.15) is 0 Å². The van der Waals surface area contributed by atoms with Crippen molar-refractivity contribution < 1.29 is 24.1 Å². The van der Waals surface area contributed by atoms with E-state index in [4.69, 9.17) is 24.3 Å². The van der Waals surface area contributed by atoms with Gasteiger partial charge in [-0.3, -0.25) is 4.79 Å². The summed E-state index contributed by atoms with van der Waals surface area (Å²) in [6.07, 6.45) is 0.0927. The highest BCUT2D eigenvalue weighted by molar-refractivity contribution is 9.10. The van der Waals surface area contributed by atoms with Gasteiger partial charge in [0.15, 0.2) is 11.6 Å². The van der Waals surface area contributed by atoms with Gasteiger partial charge in [0.2, 0.25) is 5.90 Å². The van der Waals surface area contributed by atoms with Gasteiger partial charge in [-0.15, -0.1) is 0 Å². The number of nitrogens with zero attached hydrogens (tertiary/aromatic N) is 1. The van der Waals surface area contributed by atoms with Gasteiger partial charge in [0.25, 0.3) is 5.91 Å². The average Bonchev–Trinajstić information content (AvgIpc) is 3.53. The lowest BCUT2D eigenvalue weighted by Crippen LogP contribution is -2.49. The maximum atomic E-state index is 14.7. The fraction of sp³-hybridized carbons (Fsp3) is 0.200. The first kappa shape index (κ1) is 33.0. The van der Waals surface area contributed by atoms with Crippen LogP contribution in [0.1, 0.15) is 34.8 Å². The number of rotatable bonds is 13. The van der Waals surface area contributed by atoms with Crippen LogP contribution in [0.2, 0.25) is 0 Å². The highest BCUT2D eigenvalue weighted by Crippen LogP contribution is 2.44. The van der Waals surface area contributed by atoms with Gasteiger partial charge in [-0.25, -0.2) is 4.99 Å². The van der Waals surface area contributed by atoms with E-state index in [9.17, 15) is 4.79 Å². The van der Waals surface area contributed by atoms with Gasteiger partial charge in [0, 0.05) is 41.6 Å². The van der Waals surface area contributed by atoms with Crippen molar-refractivity contribution >= 4 is 27.7 Å². The second-order valence-corrected chi connectivity index (χ2v) is 12.4.